The Kier molecular flexibility index (Phi) is 5.15. The third-order valence-corrected chi connectivity index (χ3v) is 4.99. The van der Waals surface area contributed by atoms with Gasteiger partial charge in [-0.15, -0.1) is 0 Å². The molecule has 2 heterocycles. The normalized spacial score (nSPS) is 11.6. The Morgan fingerprint density at radius 2 is 2.03 bits per heavy atom. The summed E-state index contributed by atoms with van der Waals surface area (Å²) in [6, 6.07) is 10.5. The lowest BCUT2D eigenvalue weighted by atomic mass is 9.99. The summed E-state index contributed by atoms with van der Waals surface area (Å²) in [7, 11) is 1.70. The number of halogens is 2. The third kappa shape index (κ3) is 3.60. The van der Waals surface area contributed by atoms with Crippen LogP contribution in [-0.2, 0) is 13.6 Å². The van der Waals surface area contributed by atoms with Crippen LogP contribution in [0.5, 0.6) is 0 Å². The average molecular weight is 418 g/mol. The Labute approximate surface area is 175 Å². The number of rotatable bonds is 4. The molecule has 0 atom stereocenters. The van der Waals surface area contributed by atoms with Gasteiger partial charge in [-0.3, -0.25) is 9.48 Å². The molecule has 0 unspecified atom stereocenters. The first-order chi connectivity index (χ1) is 14.9. The summed E-state index contributed by atoms with van der Waals surface area (Å²) in [6.07, 6.45) is 3.18. The van der Waals surface area contributed by atoms with Gasteiger partial charge in [-0.1, -0.05) is 12.1 Å². The topological polar surface area (TPSA) is 113 Å². The molecule has 0 aliphatic carbocycles. The molecule has 2 aromatic heterocycles. The summed E-state index contributed by atoms with van der Waals surface area (Å²) >= 11 is 0. The molecular weight excluding hydrogens is 402 g/mol. The van der Waals surface area contributed by atoms with Crippen LogP contribution in [0, 0.1) is 23.0 Å². The fraction of sp³-hybridized carbons (Fsp3) is 0.0909. The smallest absolute Gasteiger partial charge is 0.272 e. The number of aryl methyl sites for hydroxylation is 1. The first-order valence-corrected chi connectivity index (χ1v) is 9.24. The van der Waals surface area contributed by atoms with E-state index in [-0.39, 0.29) is 23.2 Å². The van der Waals surface area contributed by atoms with Gasteiger partial charge in [0.1, 0.15) is 0 Å². The van der Waals surface area contributed by atoms with E-state index >= 15 is 0 Å². The Hall–Kier alpha value is -4.16. The summed E-state index contributed by atoms with van der Waals surface area (Å²) in [5.74, 6) is -2.02. The number of hydrogen-bond acceptors (Lipinski definition) is 5. The van der Waals surface area contributed by atoms with Crippen LogP contribution in [0.2, 0.25) is 0 Å². The highest BCUT2D eigenvalue weighted by molar-refractivity contribution is 5.94. The van der Waals surface area contributed by atoms with Crippen molar-refractivity contribution in [3.8, 4) is 17.2 Å². The number of benzene rings is 2. The minimum absolute atomic E-state index is 0.144. The van der Waals surface area contributed by atoms with E-state index in [0.29, 0.717) is 27.7 Å². The van der Waals surface area contributed by atoms with Gasteiger partial charge in [0, 0.05) is 24.5 Å². The van der Waals surface area contributed by atoms with Crippen LogP contribution in [0.3, 0.4) is 0 Å². The molecule has 0 bridgehead atoms. The van der Waals surface area contributed by atoms with Crippen molar-refractivity contribution in [2.24, 2.45) is 12.8 Å². The van der Waals surface area contributed by atoms with E-state index in [9.17, 15) is 18.8 Å². The summed E-state index contributed by atoms with van der Waals surface area (Å²) in [6.45, 7) is 0.144. The van der Waals surface area contributed by atoms with Gasteiger partial charge in [-0.2, -0.15) is 15.5 Å². The maximum Gasteiger partial charge on any atom is 0.272 e. The van der Waals surface area contributed by atoms with E-state index in [4.69, 9.17) is 5.73 Å². The van der Waals surface area contributed by atoms with Crippen LogP contribution < -0.4 is 11.3 Å². The number of allylic oxidation sites excluding steroid dienone is 1. The van der Waals surface area contributed by atoms with E-state index in [1.54, 1.807) is 42.2 Å². The Morgan fingerprint density at radius 1 is 1.23 bits per heavy atom. The zero-order valence-electron chi connectivity index (χ0n) is 16.4. The van der Waals surface area contributed by atoms with Crippen molar-refractivity contribution >= 4 is 22.4 Å². The fourth-order valence-corrected chi connectivity index (χ4v) is 3.36. The molecule has 154 valence electrons. The lowest BCUT2D eigenvalue weighted by molar-refractivity contribution is 0.508. The van der Waals surface area contributed by atoms with Crippen molar-refractivity contribution < 1.29 is 8.78 Å². The van der Waals surface area contributed by atoms with Gasteiger partial charge in [0.05, 0.1) is 34.6 Å². The molecular formula is C22H16F2N6O. The van der Waals surface area contributed by atoms with Crippen molar-refractivity contribution in [1.82, 2.24) is 20.0 Å². The molecule has 4 rings (SSSR count). The standard InChI is InChI=1S/C22H16F2N6O/c1-30-21(8-14(9-25)12-3-5-18(23)19(24)7-12)17(11-27-30)13-2-4-15-16(6-13)20(10-26)28-29-22(15)31/h2-8,11H,10,26H2,1H3,(H,29,31)/b14-8+. The Morgan fingerprint density at radius 3 is 2.74 bits per heavy atom. The maximum atomic E-state index is 13.7. The number of nitrogens with one attached hydrogen (secondary N) is 1. The second kappa shape index (κ2) is 7.93. The van der Waals surface area contributed by atoms with E-state index in [1.807, 2.05) is 6.07 Å². The van der Waals surface area contributed by atoms with E-state index in [1.165, 1.54) is 6.07 Å². The largest absolute Gasteiger partial charge is 0.325 e. The van der Waals surface area contributed by atoms with E-state index < -0.39 is 11.6 Å². The summed E-state index contributed by atoms with van der Waals surface area (Å²) in [4.78, 5) is 12.1. The summed E-state index contributed by atoms with van der Waals surface area (Å²) < 4.78 is 28.5. The van der Waals surface area contributed by atoms with Crippen molar-refractivity contribution in [3.05, 3.63) is 81.5 Å². The lowest BCUT2D eigenvalue weighted by Gasteiger charge is -2.07. The van der Waals surface area contributed by atoms with Crippen LogP contribution in [-0.4, -0.2) is 20.0 Å². The van der Waals surface area contributed by atoms with Gasteiger partial charge in [0.25, 0.3) is 5.56 Å². The Bertz CT molecular complexity index is 1440. The van der Waals surface area contributed by atoms with Crippen LogP contribution in [0.25, 0.3) is 33.5 Å². The first kappa shape index (κ1) is 20.1. The molecule has 0 aliphatic heterocycles. The predicted octanol–water partition coefficient (Wildman–Crippen LogP) is 3.12. The first-order valence-electron chi connectivity index (χ1n) is 9.24. The minimum Gasteiger partial charge on any atom is -0.325 e. The fourth-order valence-electron chi connectivity index (χ4n) is 3.36. The molecule has 4 aromatic rings. The molecule has 0 spiro atoms. The monoisotopic (exact) mass is 418 g/mol. The minimum atomic E-state index is -1.04. The molecule has 31 heavy (non-hydrogen) atoms. The number of aromatic amines is 1. The number of H-pyrrole nitrogens is 1. The molecule has 7 nitrogen and oxygen atoms in total. The van der Waals surface area contributed by atoms with Crippen LogP contribution >= 0.6 is 0 Å². The van der Waals surface area contributed by atoms with Gasteiger partial charge >= 0.3 is 0 Å². The van der Waals surface area contributed by atoms with Crippen molar-refractivity contribution in [2.45, 2.75) is 6.54 Å². The second-order valence-electron chi connectivity index (χ2n) is 6.83. The zero-order chi connectivity index (χ0) is 22.1. The summed E-state index contributed by atoms with van der Waals surface area (Å²) in [5, 5.41) is 21.4. The molecule has 0 saturated carbocycles. The molecule has 0 amide bonds. The molecule has 0 saturated heterocycles. The van der Waals surface area contributed by atoms with E-state index in [2.05, 4.69) is 15.3 Å². The van der Waals surface area contributed by atoms with E-state index in [0.717, 1.165) is 17.7 Å². The second-order valence-corrected chi connectivity index (χ2v) is 6.83. The third-order valence-electron chi connectivity index (χ3n) is 4.99. The molecule has 0 aliphatic rings. The molecule has 2 aromatic carbocycles. The maximum absolute atomic E-state index is 13.7. The van der Waals surface area contributed by atoms with Gasteiger partial charge in [0.15, 0.2) is 11.6 Å². The van der Waals surface area contributed by atoms with Crippen LogP contribution in [0.4, 0.5) is 8.78 Å². The zero-order valence-corrected chi connectivity index (χ0v) is 16.4. The Balaban J connectivity index is 1.88. The molecule has 9 heteroatoms. The number of nitrogens with zero attached hydrogens (tertiary/aromatic N) is 4. The number of hydrogen-bond donors (Lipinski definition) is 2. The predicted molar refractivity (Wildman–Crippen MR) is 112 cm³/mol. The van der Waals surface area contributed by atoms with Gasteiger partial charge < -0.3 is 5.73 Å². The average Bonchev–Trinajstić information content (AvgIpc) is 3.14. The van der Waals surface area contributed by atoms with Crippen LogP contribution in [0.1, 0.15) is 17.0 Å². The SMILES string of the molecule is Cn1ncc(-c2ccc3c(=O)[nH]nc(CN)c3c2)c1/C=C(\C#N)c1ccc(F)c(F)c1. The molecule has 0 fully saturated rings. The number of nitriles is 1. The molecule has 0 radical (unpaired) electrons. The van der Waals surface area contributed by atoms with Gasteiger partial charge in [-0.25, -0.2) is 13.9 Å². The highest BCUT2D eigenvalue weighted by Gasteiger charge is 2.14. The quantitative estimate of drug-likeness (QED) is 0.495. The van der Waals surface area contributed by atoms with Gasteiger partial charge in [-0.05, 0) is 41.5 Å². The molecule has 3 N–H and O–H groups in total. The highest BCUT2D eigenvalue weighted by atomic mass is 19.2. The number of fused-ring (bicyclic) bond motifs is 1. The number of aromatic nitrogens is 4. The van der Waals surface area contributed by atoms with Crippen molar-refractivity contribution in [2.75, 3.05) is 0 Å². The number of nitrogens with two attached hydrogens (primary N) is 1. The van der Waals surface area contributed by atoms with Crippen molar-refractivity contribution in [3.63, 3.8) is 0 Å². The lowest BCUT2D eigenvalue weighted by Crippen LogP contribution is -2.13. The van der Waals surface area contributed by atoms with Crippen LogP contribution in [0.15, 0.2) is 47.4 Å². The van der Waals surface area contributed by atoms with Gasteiger partial charge in [0.2, 0.25) is 0 Å². The highest BCUT2D eigenvalue weighted by Crippen LogP contribution is 2.30. The summed E-state index contributed by atoms with van der Waals surface area (Å²) in [5.41, 5.74) is 8.35. The van der Waals surface area contributed by atoms with Crippen molar-refractivity contribution in [1.29, 1.82) is 5.26 Å².